The van der Waals surface area contributed by atoms with Gasteiger partial charge in [-0.3, -0.25) is 4.79 Å². The number of ether oxygens (including phenoxy) is 1. The van der Waals surface area contributed by atoms with Crippen molar-refractivity contribution in [2.75, 3.05) is 6.54 Å². The molecule has 2 aromatic rings. The van der Waals surface area contributed by atoms with Gasteiger partial charge in [0.15, 0.2) is 0 Å². The minimum Gasteiger partial charge on any atom is -0.459 e. The largest absolute Gasteiger partial charge is 0.459 e. The van der Waals surface area contributed by atoms with Gasteiger partial charge in [-0.15, -0.1) is 0 Å². The summed E-state index contributed by atoms with van der Waals surface area (Å²) >= 11 is 0. The maximum Gasteiger partial charge on any atom is 0.416 e. The van der Waals surface area contributed by atoms with E-state index in [-0.39, 0.29) is 18.3 Å². The molecule has 0 bridgehead atoms. The number of esters is 1. The van der Waals surface area contributed by atoms with Crippen LogP contribution in [0.4, 0.5) is 13.2 Å². The molecule has 1 heterocycles. The Balaban J connectivity index is 1.99. The minimum atomic E-state index is -4.37. The highest BCUT2D eigenvalue weighted by molar-refractivity contribution is 6.00. The van der Waals surface area contributed by atoms with Crippen molar-refractivity contribution in [3.8, 4) is 0 Å². The molecule has 0 saturated heterocycles. The zero-order chi connectivity index (χ0) is 21.1. The summed E-state index contributed by atoms with van der Waals surface area (Å²) in [5.41, 5.74) is 1.60. The molecule has 1 aromatic heterocycles. The van der Waals surface area contributed by atoms with Gasteiger partial charge in [-0.25, -0.2) is 4.79 Å². The van der Waals surface area contributed by atoms with Gasteiger partial charge in [0.1, 0.15) is 5.69 Å². The third-order valence-electron chi connectivity index (χ3n) is 4.19. The lowest BCUT2D eigenvalue weighted by molar-refractivity contribution is -0.137. The summed E-state index contributed by atoms with van der Waals surface area (Å²) in [6.07, 6.45) is -4.27. The Morgan fingerprint density at radius 1 is 1.14 bits per heavy atom. The van der Waals surface area contributed by atoms with E-state index in [9.17, 15) is 22.8 Å². The molecule has 2 N–H and O–H groups in total. The second-order valence-electron chi connectivity index (χ2n) is 6.78. The van der Waals surface area contributed by atoms with Crippen LogP contribution in [-0.4, -0.2) is 29.5 Å². The lowest BCUT2D eigenvalue weighted by Crippen LogP contribution is -2.26. The van der Waals surface area contributed by atoms with Gasteiger partial charge in [0.2, 0.25) is 0 Å². The highest BCUT2D eigenvalue weighted by atomic mass is 19.4. The Kier molecular flexibility index (Phi) is 6.53. The predicted molar refractivity (Wildman–Crippen MR) is 98.3 cm³/mol. The van der Waals surface area contributed by atoms with Crippen LogP contribution < -0.4 is 5.32 Å². The van der Waals surface area contributed by atoms with Crippen LogP contribution in [0.15, 0.2) is 24.3 Å². The molecule has 1 aromatic carbocycles. The Morgan fingerprint density at radius 3 is 2.29 bits per heavy atom. The fourth-order valence-corrected chi connectivity index (χ4v) is 2.83. The van der Waals surface area contributed by atoms with Crippen LogP contribution in [0.5, 0.6) is 0 Å². The number of amides is 1. The van der Waals surface area contributed by atoms with Crippen molar-refractivity contribution in [2.24, 2.45) is 0 Å². The van der Waals surface area contributed by atoms with E-state index in [0.717, 1.165) is 12.1 Å². The molecule has 0 unspecified atom stereocenters. The molecule has 1 amide bonds. The SMILES string of the molecule is Cc1[nH]c(C(=O)NCCc2ccc(C(F)(F)F)cc2)c(C)c1C(=O)OC(C)C. The molecule has 152 valence electrons. The summed E-state index contributed by atoms with van der Waals surface area (Å²) < 4.78 is 42.9. The third kappa shape index (κ3) is 5.15. The van der Waals surface area contributed by atoms with Crippen LogP contribution in [0.25, 0.3) is 0 Å². The monoisotopic (exact) mass is 396 g/mol. The number of carbonyl (C=O) groups excluding carboxylic acids is 2. The number of hydrogen-bond acceptors (Lipinski definition) is 3. The molecule has 0 spiro atoms. The molecule has 0 radical (unpaired) electrons. The van der Waals surface area contributed by atoms with Crippen LogP contribution >= 0.6 is 0 Å². The average molecular weight is 396 g/mol. The Bertz CT molecular complexity index is 853. The maximum atomic E-state index is 12.6. The number of aromatic nitrogens is 1. The van der Waals surface area contributed by atoms with Gasteiger partial charge >= 0.3 is 12.1 Å². The summed E-state index contributed by atoms with van der Waals surface area (Å²) in [6.45, 7) is 7.07. The summed E-state index contributed by atoms with van der Waals surface area (Å²) in [7, 11) is 0. The zero-order valence-corrected chi connectivity index (χ0v) is 16.2. The minimum absolute atomic E-state index is 0.244. The molecule has 8 heteroatoms. The number of halogens is 3. The summed E-state index contributed by atoms with van der Waals surface area (Å²) in [4.78, 5) is 27.5. The quantitative estimate of drug-likeness (QED) is 0.720. The fraction of sp³-hybridized carbons (Fsp3) is 0.400. The van der Waals surface area contributed by atoms with E-state index in [4.69, 9.17) is 4.74 Å². The smallest absolute Gasteiger partial charge is 0.416 e. The molecule has 0 fully saturated rings. The Hall–Kier alpha value is -2.77. The van der Waals surface area contributed by atoms with Crippen LogP contribution in [0.3, 0.4) is 0 Å². The van der Waals surface area contributed by atoms with Gasteiger partial charge in [0.05, 0.1) is 17.2 Å². The first-order valence-corrected chi connectivity index (χ1v) is 8.85. The Morgan fingerprint density at radius 2 is 1.75 bits per heavy atom. The number of alkyl halides is 3. The fourth-order valence-electron chi connectivity index (χ4n) is 2.83. The van der Waals surface area contributed by atoms with Crippen LogP contribution in [0, 0.1) is 13.8 Å². The number of aromatic amines is 1. The van der Waals surface area contributed by atoms with Gasteiger partial charge in [-0.05, 0) is 57.4 Å². The molecule has 0 aliphatic heterocycles. The molecule has 28 heavy (non-hydrogen) atoms. The molecule has 2 rings (SSSR count). The number of benzene rings is 1. The number of carbonyl (C=O) groups is 2. The average Bonchev–Trinajstić information content (AvgIpc) is 2.88. The second kappa shape index (κ2) is 8.50. The van der Waals surface area contributed by atoms with Gasteiger partial charge in [0, 0.05) is 12.2 Å². The summed E-state index contributed by atoms with van der Waals surface area (Å²) in [6, 6.07) is 4.81. The first-order valence-electron chi connectivity index (χ1n) is 8.85. The van der Waals surface area contributed by atoms with E-state index in [1.54, 1.807) is 27.7 Å². The number of aryl methyl sites for hydroxylation is 1. The normalized spacial score (nSPS) is 11.6. The van der Waals surface area contributed by atoms with E-state index in [1.165, 1.54) is 12.1 Å². The van der Waals surface area contributed by atoms with E-state index in [2.05, 4.69) is 10.3 Å². The third-order valence-corrected chi connectivity index (χ3v) is 4.19. The molecule has 0 atom stereocenters. The van der Waals surface area contributed by atoms with Crippen molar-refractivity contribution in [3.05, 3.63) is 57.9 Å². The molecule has 0 saturated carbocycles. The number of nitrogens with one attached hydrogen (secondary N) is 2. The first kappa shape index (κ1) is 21.5. The lowest BCUT2D eigenvalue weighted by Gasteiger charge is -2.09. The number of rotatable bonds is 6. The van der Waals surface area contributed by atoms with E-state index >= 15 is 0 Å². The molecular formula is C20H23F3N2O3. The van der Waals surface area contributed by atoms with Crippen molar-refractivity contribution in [3.63, 3.8) is 0 Å². The van der Waals surface area contributed by atoms with E-state index < -0.39 is 23.6 Å². The van der Waals surface area contributed by atoms with Crippen molar-refractivity contribution >= 4 is 11.9 Å². The summed E-state index contributed by atoms with van der Waals surface area (Å²) in [5, 5.41) is 2.71. The second-order valence-corrected chi connectivity index (χ2v) is 6.78. The van der Waals surface area contributed by atoms with Crippen LogP contribution in [0.2, 0.25) is 0 Å². The molecule has 0 aliphatic rings. The number of H-pyrrole nitrogens is 1. The molecule has 0 aliphatic carbocycles. The van der Waals surface area contributed by atoms with Crippen molar-refractivity contribution in [1.29, 1.82) is 0 Å². The van der Waals surface area contributed by atoms with Crippen molar-refractivity contribution in [1.82, 2.24) is 10.3 Å². The van der Waals surface area contributed by atoms with Crippen molar-refractivity contribution < 1.29 is 27.5 Å². The summed E-state index contributed by atoms with van der Waals surface area (Å²) in [5.74, 6) is -0.888. The number of hydrogen-bond donors (Lipinski definition) is 2. The van der Waals surface area contributed by atoms with E-state index in [0.29, 0.717) is 28.8 Å². The Labute approximate surface area is 161 Å². The highest BCUT2D eigenvalue weighted by Gasteiger charge is 2.30. The standard InChI is InChI=1S/C20H23F3N2O3/c1-11(2)28-19(27)16-12(3)17(25-13(16)4)18(26)24-10-9-14-5-7-15(8-6-14)20(21,22)23/h5-8,11,25H,9-10H2,1-4H3,(H,24,26). The molecule has 5 nitrogen and oxygen atoms in total. The zero-order valence-electron chi connectivity index (χ0n) is 16.2. The maximum absolute atomic E-state index is 12.6. The van der Waals surface area contributed by atoms with Crippen LogP contribution in [0.1, 0.15) is 57.1 Å². The highest BCUT2D eigenvalue weighted by Crippen LogP contribution is 2.29. The first-order chi connectivity index (χ1) is 13.0. The van der Waals surface area contributed by atoms with E-state index in [1.807, 2.05) is 0 Å². The van der Waals surface area contributed by atoms with Crippen molar-refractivity contribution in [2.45, 2.75) is 46.4 Å². The van der Waals surface area contributed by atoms with Crippen LogP contribution in [-0.2, 0) is 17.3 Å². The predicted octanol–water partition coefficient (Wildman–Crippen LogP) is 4.19. The van der Waals surface area contributed by atoms with Gasteiger partial charge < -0.3 is 15.0 Å². The topological polar surface area (TPSA) is 71.2 Å². The van der Waals surface area contributed by atoms with Gasteiger partial charge in [-0.1, -0.05) is 12.1 Å². The van der Waals surface area contributed by atoms with Gasteiger partial charge in [0.25, 0.3) is 5.91 Å². The molecular weight excluding hydrogens is 373 g/mol. The van der Waals surface area contributed by atoms with Gasteiger partial charge in [-0.2, -0.15) is 13.2 Å². The lowest BCUT2D eigenvalue weighted by atomic mass is 10.1.